The van der Waals surface area contributed by atoms with Crippen LogP contribution in [0.15, 0.2) is 21.9 Å². The van der Waals surface area contributed by atoms with E-state index < -0.39 is 15.7 Å². The van der Waals surface area contributed by atoms with Gasteiger partial charge in [0.1, 0.15) is 5.82 Å². The van der Waals surface area contributed by atoms with Crippen LogP contribution in [0.3, 0.4) is 0 Å². The molecule has 0 fully saturated rings. The molecular weight excluding hydrogens is 237 g/mol. The predicted molar refractivity (Wildman–Crippen MR) is 56.0 cm³/mol. The van der Waals surface area contributed by atoms with Gasteiger partial charge in [-0.15, -0.1) is 11.8 Å². The Balaban J connectivity index is 3.63. The standard InChI is InChI=1S/C9H8FNO2S2/c1-14-9-7(10)3-6(5-11)4-8(9)15(2,12)13/h3-4H,1-2H3. The Morgan fingerprint density at radius 2 is 2.07 bits per heavy atom. The SMILES string of the molecule is CSc1c(F)cc(C#N)cc1S(C)(=O)=O. The summed E-state index contributed by atoms with van der Waals surface area (Å²) in [4.78, 5) is -0.0805. The van der Waals surface area contributed by atoms with Crippen LogP contribution in [0.25, 0.3) is 0 Å². The van der Waals surface area contributed by atoms with Crippen LogP contribution in [0.2, 0.25) is 0 Å². The molecule has 0 amide bonds. The van der Waals surface area contributed by atoms with Crippen LogP contribution in [0, 0.1) is 17.1 Å². The number of benzene rings is 1. The topological polar surface area (TPSA) is 57.9 Å². The first-order valence-electron chi connectivity index (χ1n) is 3.88. The maximum absolute atomic E-state index is 13.4. The molecule has 0 saturated heterocycles. The van der Waals surface area contributed by atoms with Gasteiger partial charge >= 0.3 is 0 Å². The molecule has 1 aromatic rings. The summed E-state index contributed by atoms with van der Waals surface area (Å²) >= 11 is 1.00. The molecule has 1 rings (SSSR count). The maximum atomic E-state index is 13.4. The zero-order chi connectivity index (χ0) is 11.6. The molecule has 80 valence electrons. The van der Waals surface area contributed by atoms with Crippen LogP contribution in [0.5, 0.6) is 0 Å². The summed E-state index contributed by atoms with van der Waals surface area (Å²) in [6.45, 7) is 0. The quantitative estimate of drug-likeness (QED) is 0.746. The van der Waals surface area contributed by atoms with Gasteiger partial charge in [0.15, 0.2) is 9.84 Å². The van der Waals surface area contributed by atoms with Crippen molar-refractivity contribution in [2.45, 2.75) is 9.79 Å². The molecule has 0 N–H and O–H groups in total. The number of sulfone groups is 1. The number of halogens is 1. The smallest absolute Gasteiger partial charge is 0.176 e. The summed E-state index contributed by atoms with van der Waals surface area (Å²) in [5, 5.41) is 8.60. The van der Waals surface area contributed by atoms with E-state index in [0.29, 0.717) is 0 Å². The zero-order valence-corrected chi connectivity index (χ0v) is 9.75. The molecule has 0 radical (unpaired) electrons. The van der Waals surface area contributed by atoms with E-state index in [1.54, 1.807) is 12.3 Å². The molecule has 0 bridgehead atoms. The van der Waals surface area contributed by atoms with Crippen molar-refractivity contribution in [2.24, 2.45) is 0 Å². The van der Waals surface area contributed by atoms with Crippen molar-refractivity contribution < 1.29 is 12.8 Å². The minimum absolute atomic E-state index is 0.00530. The highest BCUT2D eigenvalue weighted by Crippen LogP contribution is 2.28. The fraction of sp³-hybridized carbons (Fsp3) is 0.222. The second-order valence-corrected chi connectivity index (χ2v) is 5.67. The number of hydrogen-bond donors (Lipinski definition) is 0. The summed E-state index contributed by atoms with van der Waals surface area (Å²) in [6, 6.07) is 3.93. The van der Waals surface area contributed by atoms with Crippen LogP contribution >= 0.6 is 11.8 Å². The Bertz CT molecular complexity index is 532. The molecule has 0 aliphatic rings. The molecule has 0 aliphatic carbocycles. The van der Waals surface area contributed by atoms with E-state index in [4.69, 9.17) is 5.26 Å². The highest BCUT2D eigenvalue weighted by atomic mass is 32.2. The molecule has 0 unspecified atom stereocenters. The number of rotatable bonds is 2. The summed E-state index contributed by atoms with van der Waals surface area (Å²) in [5.41, 5.74) is 0.00530. The number of thioether (sulfide) groups is 1. The second kappa shape index (κ2) is 4.21. The first-order valence-corrected chi connectivity index (χ1v) is 6.99. The van der Waals surface area contributed by atoms with E-state index in [1.807, 2.05) is 0 Å². The lowest BCUT2D eigenvalue weighted by Gasteiger charge is -2.06. The second-order valence-electron chi connectivity index (χ2n) is 2.87. The highest BCUT2D eigenvalue weighted by molar-refractivity contribution is 7.99. The van der Waals surface area contributed by atoms with E-state index in [1.165, 1.54) is 6.07 Å². The van der Waals surface area contributed by atoms with Crippen LogP contribution in [0.4, 0.5) is 4.39 Å². The Kier molecular flexibility index (Phi) is 3.37. The average molecular weight is 245 g/mol. The average Bonchev–Trinajstić information content (AvgIpc) is 2.15. The largest absolute Gasteiger partial charge is 0.224 e. The van der Waals surface area contributed by atoms with Gasteiger partial charge in [-0.2, -0.15) is 5.26 Å². The Hall–Kier alpha value is -1.06. The summed E-state index contributed by atoms with van der Waals surface area (Å²) in [6.07, 6.45) is 2.57. The Morgan fingerprint density at radius 3 is 2.47 bits per heavy atom. The third kappa shape index (κ3) is 2.49. The van der Waals surface area contributed by atoms with Gasteiger partial charge in [-0.3, -0.25) is 0 Å². The maximum Gasteiger partial charge on any atom is 0.176 e. The van der Waals surface area contributed by atoms with Gasteiger partial charge in [-0.05, 0) is 18.4 Å². The monoisotopic (exact) mass is 245 g/mol. The van der Waals surface area contributed by atoms with E-state index in [9.17, 15) is 12.8 Å². The molecule has 0 atom stereocenters. The molecule has 0 aliphatic heterocycles. The molecule has 6 heteroatoms. The minimum atomic E-state index is -3.51. The van der Waals surface area contributed by atoms with Crippen molar-refractivity contribution in [1.82, 2.24) is 0 Å². The first kappa shape index (κ1) is 12.0. The van der Waals surface area contributed by atoms with Gasteiger partial charge in [-0.25, -0.2) is 12.8 Å². The van der Waals surface area contributed by atoms with Crippen molar-refractivity contribution in [1.29, 1.82) is 5.26 Å². The van der Waals surface area contributed by atoms with Gasteiger partial charge < -0.3 is 0 Å². The summed E-state index contributed by atoms with van der Waals surface area (Å²) < 4.78 is 36.1. The van der Waals surface area contributed by atoms with Crippen LogP contribution in [-0.2, 0) is 9.84 Å². The van der Waals surface area contributed by atoms with Crippen LogP contribution in [0.1, 0.15) is 5.56 Å². The van der Waals surface area contributed by atoms with E-state index in [2.05, 4.69) is 0 Å². The lowest BCUT2D eigenvalue weighted by molar-refractivity contribution is 0.577. The minimum Gasteiger partial charge on any atom is -0.224 e. The Labute approximate surface area is 91.8 Å². The zero-order valence-electron chi connectivity index (χ0n) is 8.11. The molecular formula is C9H8FNO2S2. The first-order chi connectivity index (χ1) is 6.90. The number of nitrogens with zero attached hydrogens (tertiary/aromatic N) is 1. The number of nitriles is 1. The van der Waals surface area contributed by atoms with Crippen molar-refractivity contribution in [2.75, 3.05) is 12.5 Å². The molecule has 0 saturated carbocycles. The van der Waals surface area contributed by atoms with Crippen molar-refractivity contribution >= 4 is 21.6 Å². The lowest BCUT2D eigenvalue weighted by atomic mass is 10.2. The van der Waals surface area contributed by atoms with Gasteiger partial charge in [0.05, 0.1) is 21.4 Å². The van der Waals surface area contributed by atoms with Gasteiger partial charge in [0, 0.05) is 6.26 Å². The predicted octanol–water partition coefficient (Wildman–Crippen LogP) is 1.82. The third-order valence-electron chi connectivity index (χ3n) is 1.74. The molecule has 15 heavy (non-hydrogen) atoms. The molecule has 0 aromatic heterocycles. The molecule has 3 nitrogen and oxygen atoms in total. The van der Waals surface area contributed by atoms with Crippen molar-refractivity contribution in [3.63, 3.8) is 0 Å². The Morgan fingerprint density at radius 1 is 1.47 bits per heavy atom. The van der Waals surface area contributed by atoms with E-state index in [0.717, 1.165) is 24.1 Å². The summed E-state index contributed by atoms with van der Waals surface area (Å²) in [5.74, 6) is -0.679. The third-order valence-corrected chi connectivity index (χ3v) is 3.82. The van der Waals surface area contributed by atoms with Gasteiger partial charge in [0.2, 0.25) is 0 Å². The van der Waals surface area contributed by atoms with Crippen molar-refractivity contribution in [3.05, 3.63) is 23.5 Å². The fourth-order valence-electron chi connectivity index (χ4n) is 1.11. The highest BCUT2D eigenvalue weighted by Gasteiger charge is 2.18. The van der Waals surface area contributed by atoms with Crippen LogP contribution < -0.4 is 0 Å². The molecule has 0 heterocycles. The van der Waals surface area contributed by atoms with Crippen LogP contribution in [-0.4, -0.2) is 20.9 Å². The fourth-order valence-corrected chi connectivity index (χ4v) is 3.10. The van der Waals surface area contributed by atoms with Gasteiger partial charge in [0.25, 0.3) is 0 Å². The normalized spacial score (nSPS) is 11.1. The van der Waals surface area contributed by atoms with Crippen molar-refractivity contribution in [3.8, 4) is 6.07 Å². The number of hydrogen-bond acceptors (Lipinski definition) is 4. The molecule has 1 aromatic carbocycles. The summed E-state index contributed by atoms with van der Waals surface area (Å²) in [7, 11) is -3.51. The van der Waals surface area contributed by atoms with E-state index in [-0.39, 0.29) is 15.4 Å². The van der Waals surface area contributed by atoms with Gasteiger partial charge in [-0.1, -0.05) is 0 Å². The molecule has 0 spiro atoms. The lowest BCUT2D eigenvalue weighted by Crippen LogP contribution is -2.02. The van der Waals surface area contributed by atoms with E-state index >= 15 is 0 Å².